The fraction of sp³-hybridized carbons (Fsp3) is 0.429. The van der Waals surface area contributed by atoms with Crippen LogP contribution >= 0.6 is 12.4 Å². The molecule has 2 rings (SSSR count). The normalized spacial score (nSPS) is 11.1. The molecule has 0 N–H and O–H groups in total. The zero-order chi connectivity index (χ0) is 12.3. The van der Waals surface area contributed by atoms with Gasteiger partial charge in [0.05, 0.1) is 18.4 Å². The lowest BCUT2D eigenvalue weighted by Crippen LogP contribution is -2.08. The number of rotatable bonds is 3. The van der Waals surface area contributed by atoms with Crippen LogP contribution in [0.3, 0.4) is 0 Å². The summed E-state index contributed by atoms with van der Waals surface area (Å²) in [6, 6.07) is 5.95. The zero-order valence-corrected chi connectivity index (χ0v) is 11.9. The Bertz CT molecular complexity index is 471. The molecule has 4 heteroatoms. The van der Waals surface area contributed by atoms with Gasteiger partial charge in [-0.25, -0.2) is 0 Å². The fourth-order valence-corrected chi connectivity index (χ4v) is 1.85. The van der Waals surface area contributed by atoms with E-state index in [2.05, 4.69) is 37.1 Å². The van der Waals surface area contributed by atoms with Crippen molar-refractivity contribution in [1.29, 1.82) is 0 Å². The van der Waals surface area contributed by atoms with E-state index in [-0.39, 0.29) is 12.4 Å². The van der Waals surface area contributed by atoms with Crippen LogP contribution in [0.5, 0.6) is 0 Å². The highest BCUT2D eigenvalue weighted by atomic mass is 35.5. The number of hydrogen-bond acceptors (Lipinski definition) is 2. The largest absolute Gasteiger partial charge is 0.266 e. The molecule has 0 bridgehead atoms. The summed E-state index contributed by atoms with van der Waals surface area (Å²) in [4.78, 5) is 4.30. The third-order valence-corrected chi connectivity index (χ3v) is 2.47. The predicted octanol–water partition coefficient (Wildman–Crippen LogP) is 3.34. The molecule has 0 fully saturated rings. The highest BCUT2D eigenvalue weighted by molar-refractivity contribution is 5.85. The second-order valence-electron chi connectivity index (χ2n) is 5.60. The van der Waals surface area contributed by atoms with Gasteiger partial charge in [0.15, 0.2) is 0 Å². The van der Waals surface area contributed by atoms with E-state index in [4.69, 9.17) is 0 Å². The molecule has 0 aromatic carbocycles. The van der Waals surface area contributed by atoms with Crippen LogP contribution in [-0.4, -0.2) is 14.8 Å². The lowest BCUT2D eigenvalue weighted by Gasteiger charge is -2.16. The van der Waals surface area contributed by atoms with Gasteiger partial charge in [0.25, 0.3) is 0 Å². The minimum Gasteiger partial charge on any atom is -0.266 e. The van der Waals surface area contributed by atoms with Gasteiger partial charge in [-0.2, -0.15) is 5.10 Å². The Morgan fingerprint density at radius 1 is 1.22 bits per heavy atom. The molecule has 18 heavy (non-hydrogen) atoms. The van der Waals surface area contributed by atoms with E-state index in [9.17, 15) is 0 Å². The van der Waals surface area contributed by atoms with Crippen LogP contribution in [0.1, 0.15) is 32.0 Å². The molecule has 0 aliphatic carbocycles. The molecule has 0 unspecified atom stereocenters. The van der Waals surface area contributed by atoms with E-state index in [0.717, 1.165) is 18.7 Å². The monoisotopic (exact) mass is 265 g/mol. The van der Waals surface area contributed by atoms with Crippen molar-refractivity contribution < 1.29 is 0 Å². The van der Waals surface area contributed by atoms with Crippen LogP contribution in [0.4, 0.5) is 0 Å². The Morgan fingerprint density at radius 2 is 2.00 bits per heavy atom. The van der Waals surface area contributed by atoms with Crippen molar-refractivity contribution in [2.45, 2.75) is 33.7 Å². The van der Waals surface area contributed by atoms with Crippen molar-refractivity contribution in [2.24, 2.45) is 5.41 Å². The zero-order valence-electron chi connectivity index (χ0n) is 11.1. The Balaban J connectivity index is 0.00000162. The highest BCUT2D eigenvalue weighted by Crippen LogP contribution is 2.19. The number of aromatic nitrogens is 3. The standard InChI is InChI=1S/C14H19N3.ClH/c1-14(2,3)8-12-9-16-17(10-12)11-13-6-4-5-7-15-13;/h4-7,9-10H,8,11H2,1-3H3;1H. The average Bonchev–Trinajstić information content (AvgIpc) is 2.64. The van der Waals surface area contributed by atoms with Crippen LogP contribution < -0.4 is 0 Å². The summed E-state index contributed by atoms with van der Waals surface area (Å²) in [7, 11) is 0. The van der Waals surface area contributed by atoms with Crippen molar-refractivity contribution in [3.63, 3.8) is 0 Å². The van der Waals surface area contributed by atoms with Crippen LogP contribution in [-0.2, 0) is 13.0 Å². The third-order valence-electron chi connectivity index (χ3n) is 2.47. The molecule has 0 radical (unpaired) electrons. The molecule has 0 saturated carbocycles. The summed E-state index contributed by atoms with van der Waals surface area (Å²) in [5.74, 6) is 0. The molecule has 0 spiro atoms. The second-order valence-corrected chi connectivity index (χ2v) is 5.60. The van der Waals surface area contributed by atoms with Crippen molar-refractivity contribution in [2.75, 3.05) is 0 Å². The Hall–Kier alpha value is -1.35. The molecule has 2 aromatic rings. The Kier molecular flexibility index (Phi) is 4.91. The first-order valence-electron chi connectivity index (χ1n) is 5.94. The Morgan fingerprint density at radius 3 is 2.61 bits per heavy atom. The van der Waals surface area contributed by atoms with Crippen molar-refractivity contribution in [3.8, 4) is 0 Å². The van der Waals surface area contributed by atoms with E-state index in [1.807, 2.05) is 35.3 Å². The van der Waals surface area contributed by atoms with Gasteiger partial charge in [-0.05, 0) is 29.5 Å². The molecule has 2 aromatic heterocycles. The SMILES string of the molecule is CC(C)(C)Cc1cnn(Cc2ccccn2)c1.Cl. The topological polar surface area (TPSA) is 30.7 Å². The van der Waals surface area contributed by atoms with Crippen LogP contribution in [0, 0.1) is 5.41 Å². The average molecular weight is 266 g/mol. The molecule has 0 aliphatic heterocycles. The molecule has 0 atom stereocenters. The van der Waals surface area contributed by atoms with Gasteiger partial charge in [-0.3, -0.25) is 9.67 Å². The second kappa shape index (κ2) is 6.01. The van der Waals surface area contributed by atoms with E-state index >= 15 is 0 Å². The highest BCUT2D eigenvalue weighted by Gasteiger charge is 2.12. The summed E-state index contributed by atoms with van der Waals surface area (Å²) in [5.41, 5.74) is 2.63. The molecule has 0 aliphatic rings. The number of halogens is 1. The first-order chi connectivity index (χ1) is 8.03. The number of nitrogens with zero attached hydrogens (tertiary/aromatic N) is 3. The van der Waals surface area contributed by atoms with E-state index in [1.165, 1.54) is 5.56 Å². The molecule has 3 nitrogen and oxygen atoms in total. The predicted molar refractivity (Wildman–Crippen MR) is 76.0 cm³/mol. The summed E-state index contributed by atoms with van der Waals surface area (Å²) < 4.78 is 1.95. The van der Waals surface area contributed by atoms with E-state index < -0.39 is 0 Å². The first-order valence-corrected chi connectivity index (χ1v) is 5.94. The smallest absolute Gasteiger partial charge is 0.0831 e. The molecule has 0 amide bonds. The van der Waals surface area contributed by atoms with Gasteiger partial charge < -0.3 is 0 Å². The van der Waals surface area contributed by atoms with Gasteiger partial charge in [0, 0.05) is 12.4 Å². The van der Waals surface area contributed by atoms with Gasteiger partial charge in [-0.1, -0.05) is 26.8 Å². The van der Waals surface area contributed by atoms with E-state index in [1.54, 1.807) is 0 Å². The third kappa shape index (κ3) is 4.49. The number of hydrogen-bond donors (Lipinski definition) is 0. The maximum Gasteiger partial charge on any atom is 0.0831 e. The first kappa shape index (κ1) is 14.7. The minimum atomic E-state index is 0. The number of pyridine rings is 1. The minimum absolute atomic E-state index is 0. The maximum absolute atomic E-state index is 4.37. The lowest BCUT2D eigenvalue weighted by molar-refractivity contribution is 0.411. The van der Waals surface area contributed by atoms with Gasteiger partial charge in [0.2, 0.25) is 0 Å². The summed E-state index contributed by atoms with van der Waals surface area (Å²) in [6.45, 7) is 7.46. The lowest BCUT2D eigenvalue weighted by atomic mass is 9.89. The molecule has 2 heterocycles. The van der Waals surface area contributed by atoms with Crippen molar-refractivity contribution >= 4 is 12.4 Å². The molecular weight excluding hydrogens is 246 g/mol. The summed E-state index contributed by atoms with van der Waals surface area (Å²) in [5, 5.41) is 4.37. The van der Waals surface area contributed by atoms with Crippen molar-refractivity contribution in [1.82, 2.24) is 14.8 Å². The fourth-order valence-electron chi connectivity index (χ4n) is 1.85. The van der Waals surface area contributed by atoms with Crippen molar-refractivity contribution in [3.05, 3.63) is 48.0 Å². The maximum atomic E-state index is 4.37. The molecule has 98 valence electrons. The summed E-state index contributed by atoms with van der Waals surface area (Å²) in [6.07, 6.45) is 6.93. The van der Waals surface area contributed by atoms with Gasteiger partial charge in [-0.15, -0.1) is 12.4 Å². The van der Waals surface area contributed by atoms with Gasteiger partial charge >= 0.3 is 0 Å². The Labute approximate surface area is 115 Å². The van der Waals surface area contributed by atoms with Crippen LogP contribution in [0.2, 0.25) is 0 Å². The summed E-state index contributed by atoms with van der Waals surface area (Å²) >= 11 is 0. The van der Waals surface area contributed by atoms with Gasteiger partial charge in [0.1, 0.15) is 0 Å². The van der Waals surface area contributed by atoms with E-state index in [0.29, 0.717) is 5.41 Å². The van der Waals surface area contributed by atoms with Crippen LogP contribution in [0.15, 0.2) is 36.8 Å². The van der Waals surface area contributed by atoms with Crippen LogP contribution in [0.25, 0.3) is 0 Å². The quantitative estimate of drug-likeness (QED) is 0.852. The molecular formula is C14H20ClN3. The molecule has 0 saturated heterocycles.